The van der Waals surface area contributed by atoms with Gasteiger partial charge in [-0.15, -0.1) is 0 Å². The number of rotatable bonds is 2. The molecule has 0 aromatic carbocycles. The minimum absolute atomic E-state index is 0.0758. The third-order valence-corrected chi connectivity index (χ3v) is 6.11. The van der Waals surface area contributed by atoms with Gasteiger partial charge in [0.1, 0.15) is 0 Å². The van der Waals surface area contributed by atoms with Gasteiger partial charge in [0.15, 0.2) is 0 Å². The molecular formula is C10H17ClO2S. The first-order valence-corrected chi connectivity index (χ1v) is 7.67. The summed E-state index contributed by atoms with van der Waals surface area (Å²) in [4.78, 5) is 0. The van der Waals surface area contributed by atoms with Crippen LogP contribution >= 0.6 is 10.7 Å². The highest BCUT2D eigenvalue weighted by molar-refractivity contribution is 8.13. The molecule has 2 saturated carbocycles. The highest BCUT2D eigenvalue weighted by Crippen LogP contribution is 2.66. The Labute approximate surface area is 90.4 Å². The van der Waals surface area contributed by atoms with Crippen LogP contribution in [0.5, 0.6) is 0 Å². The molecule has 1 atom stereocenters. The van der Waals surface area contributed by atoms with Gasteiger partial charge in [-0.1, -0.05) is 13.8 Å². The topological polar surface area (TPSA) is 34.1 Å². The van der Waals surface area contributed by atoms with Gasteiger partial charge in [0.2, 0.25) is 9.05 Å². The molecule has 0 radical (unpaired) electrons. The predicted octanol–water partition coefficient (Wildman–Crippen LogP) is 2.77. The molecule has 0 aromatic rings. The van der Waals surface area contributed by atoms with E-state index in [1.807, 2.05) is 0 Å². The monoisotopic (exact) mass is 236 g/mol. The lowest BCUT2D eigenvalue weighted by atomic mass is 9.71. The quantitative estimate of drug-likeness (QED) is 0.691. The van der Waals surface area contributed by atoms with Crippen molar-refractivity contribution >= 4 is 19.7 Å². The second-order valence-corrected chi connectivity index (χ2v) is 8.21. The van der Waals surface area contributed by atoms with Gasteiger partial charge in [-0.25, -0.2) is 8.42 Å². The van der Waals surface area contributed by atoms with Crippen molar-refractivity contribution in [3.8, 4) is 0 Å². The Bertz CT molecular complexity index is 341. The zero-order valence-electron chi connectivity index (χ0n) is 8.72. The summed E-state index contributed by atoms with van der Waals surface area (Å²) >= 11 is 0. The van der Waals surface area contributed by atoms with E-state index in [2.05, 4.69) is 13.8 Å². The van der Waals surface area contributed by atoms with Crippen LogP contribution in [0, 0.1) is 16.7 Å². The first kappa shape index (κ1) is 10.7. The number of fused-ring (bicyclic) bond motifs is 2. The molecule has 2 fully saturated rings. The summed E-state index contributed by atoms with van der Waals surface area (Å²) in [5, 5.41) is 0. The fourth-order valence-electron chi connectivity index (χ4n) is 3.61. The van der Waals surface area contributed by atoms with Crippen molar-refractivity contribution in [1.29, 1.82) is 0 Å². The van der Waals surface area contributed by atoms with Gasteiger partial charge in [-0.05, 0) is 42.4 Å². The van der Waals surface area contributed by atoms with E-state index in [1.165, 1.54) is 25.7 Å². The molecule has 0 saturated heterocycles. The molecule has 0 N–H and O–H groups in total. The Morgan fingerprint density at radius 3 is 2.07 bits per heavy atom. The largest absolute Gasteiger partial charge is 0.233 e. The van der Waals surface area contributed by atoms with Crippen LogP contribution < -0.4 is 0 Å². The normalized spacial score (nSPS) is 47.2. The van der Waals surface area contributed by atoms with Gasteiger partial charge in [0.25, 0.3) is 0 Å². The molecule has 0 aliphatic heterocycles. The van der Waals surface area contributed by atoms with Crippen LogP contribution in [0.4, 0.5) is 0 Å². The number of hydrogen-bond acceptors (Lipinski definition) is 2. The minimum atomic E-state index is -3.36. The predicted molar refractivity (Wildman–Crippen MR) is 57.8 cm³/mol. The van der Waals surface area contributed by atoms with E-state index < -0.39 is 9.05 Å². The maximum absolute atomic E-state index is 11.2. The molecule has 2 bridgehead atoms. The van der Waals surface area contributed by atoms with Crippen LogP contribution in [-0.2, 0) is 9.05 Å². The average Bonchev–Trinajstić information content (AvgIpc) is 2.34. The molecule has 0 unspecified atom stereocenters. The van der Waals surface area contributed by atoms with E-state index in [1.54, 1.807) is 0 Å². The van der Waals surface area contributed by atoms with Gasteiger partial charge < -0.3 is 0 Å². The van der Waals surface area contributed by atoms with Crippen LogP contribution in [0.1, 0.15) is 39.5 Å². The maximum Gasteiger partial charge on any atom is 0.233 e. The van der Waals surface area contributed by atoms with Gasteiger partial charge in [0.05, 0.1) is 5.75 Å². The summed E-state index contributed by atoms with van der Waals surface area (Å²) in [6, 6.07) is 0. The lowest BCUT2D eigenvalue weighted by molar-refractivity contribution is 0.156. The van der Waals surface area contributed by atoms with E-state index in [0.717, 1.165) is 0 Å². The smallest absolute Gasteiger partial charge is 0.212 e. The standard InChI is InChI=1S/C10H17ClO2S/c1-9-5-3-8(4-6-9)10(9,2)7-14(11,12)13/h8H,3-7H2,1-2H3/t8?,9?,10-/m0/s1. The molecule has 2 nitrogen and oxygen atoms in total. The fourth-order valence-corrected chi connectivity index (χ4v) is 5.59. The van der Waals surface area contributed by atoms with E-state index in [4.69, 9.17) is 10.7 Å². The SMILES string of the molecule is CC12CCC(CC1)[C@]2(C)CS(=O)(=O)Cl. The summed E-state index contributed by atoms with van der Waals surface area (Å²) in [6.45, 7) is 4.33. The number of hydrogen-bond donors (Lipinski definition) is 0. The van der Waals surface area contributed by atoms with Gasteiger partial charge >= 0.3 is 0 Å². The van der Waals surface area contributed by atoms with Crippen molar-refractivity contribution in [2.75, 3.05) is 5.75 Å². The average molecular weight is 237 g/mol. The summed E-state index contributed by atoms with van der Waals surface area (Å²) in [5.41, 5.74) is 0.132. The molecule has 2 aliphatic rings. The first-order chi connectivity index (χ1) is 6.27. The molecule has 0 amide bonds. The first-order valence-electron chi connectivity index (χ1n) is 5.19. The molecule has 4 heteroatoms. The van der Waals surface area contributed by atoms with Crippen LogP contribution in [0.25, 0.3) is 0 Å². The highest BCUT2D eigenvalue weighted by Gasteiger charge is 2.59. The summed E-state index contributed by atoms with van der Waals surface area (Å²) < 4.78 is 22.4. The van der Waals surface area contributed by atoms with Crippen molar-refractivity contribution in [1.82, 2.24) is 0 Å². The molecule has 2 rings (SSSR count). The minimum Gasteiger partial charge on any atom is -0.212 e. The Morgan fingerprint density at radius 1 is 1.29 bits per heavy atom. The molecule has 2 aliphatic carbocycles. The summed E-state index contributed by atoms with van der Waals surface area (Å²) in [6.07, 6.45) is 4.69. The van der Waals surface area contributed by atoms with Crippen LogP contribution in [0.15, 0.2) is 0 Å². The van der Waals surface area contributed by atoms with E-state index in [9.17, 15) is 8.42 Å². The highest BCUT2D eigenvalue weighted by atomic mass is 35.7. The summed E-state index contributed by atoms with van der Waals surface area (Å²) in [5.74, 6) is 0.726. The van der Waals surface area contributed by atoms with Crippen molar-refractivity contribution < 1.29 is 8.42 Å². The second-order valence-electron chi connectivity index (χ2n) is 5.44. The molecule has 0 spiro atoms. The Balaban J connectivity index is 2.32. The van der Waals surface area contributed by atoms with Crippen molar-refractivity contribution in [2.24, 2.45) is 16.7 Å². The zero-order chi connectivity index (χ0) is 10.6. The van der Waals surface area contributed by atoms with Crippen LogP contribution in [0.2, 0.25) is 0 Å². The van der Waals surface area contributed by atoms with Crippen molar-refractivity contribution in [2.45, 2.75) is 39.5 Å². The molecule has 0 heterocycles. The lowest BCUT2D eigenvalue weighted by Crippen LogP contribution is -2.36. The van der Waals surface area contributed by atoms with E-state index >= 15 is 0 Å². The molecule has 0 aromatic heterocycles. The van der Waals surface area contributed by atoms with Gasteiger partial charge in [-0.2, -0.15) is 0 Å². The van der Waals surface area contributed by atoms with E-state index in [-0.39, 0.29) is 16.6 Å². The summed E-state index contributed by atoms with van der Waals surface area (Å²) in [7, 11) is 2.04. The zero-order valence-corrected chi connectivity index (χ0v) is 10.3. The van der Waals surface area contributed by atoms with Crippen LogP contribution in [0.3, 0.4) is 0 Å². The second kappa shape index (κ2) is 2.88. The Morgan fingerprint density at radius 2 is 1.79 bits per heavy atom. The molecule has 82 valence electrons. The molecular weight excluding hydrogens is 220 g/mol. The maximum atomic E-state index is 11.2. The number of halogens is 1. The molecule has 14 heavy (non-hydrogen) atoms. The van der Waals surface area contributed by atoms with Gasteiger partial charge in [0, 0.05) is 10.7 Å². The Hall–Kier alpha value is 0.240. The van der Waals surface area contributed by atoms with Crippen molar-refractivity contribution in [3.63, 3.8) is 0 Å². The van der Waals surface area contributed by atoms with E-state index in [0.29, 0.717) is 5.92 Å². The van der Waals surface area contributed by atoms with Crippen LogP contribution in [-0.4, -0.2) is 14.2 Å². The third-order valence-electron chi connectivity index (χ3n) is 4.84. The van der Waals surface area contributed by atoms with Gasteiger partial charge in [-0.3, -0.25) is 0 Å². The Kier molecular flexibility index (Phi) is 2.21. The fraction of sp³-hybridized carbons (Fsp3) is 1.00. The van der Waals surface area contributed by atoms with Crippen molar-refractivity contribution in [3.05, 3.63) is 0 Å². The lowest BCUT2D eigenvalue weighted by Gasteiger charge is -2.37. The third kappa shape index (κ3) is 1.40.